The van der Waals surface area contributed by atoms with Crippen LogP contribution in [0.2, 0.25) is 0 Å². The van der Waals surface area contributed by atoms with E-state index in [1.807, 2.05) is 36.4 Å². The van der Waals surface area contributed by atoms with Gasteiger partial charge in [0, 0.05) is 26.1 Å². The molecule has 0 spiro atoms. The number of hydrogen-bond acceptors (Lipinski definition) is 7. The Morgan fingerprint density at radius 2 is 1.14 bits per heavy atom. The lowest BCUT2D eigenvalue weighted by molar-refractivity contribution is 0.0144. The van der Waals surface area contributed by atoms with Gasteiger partial charge in [-0.1, -0.05) is 12.1 Å². The van der Waals surface area contributed by atoms with Crippen molar-refractivity contribution in [2.75, 3.05) is 41.0 Å². The molecule has 3 aliphatic rings. The van der Waals surface area contributed by atoms with Gasteiger partial charge < -0.3 is 33.2 Å². The van der Waals surface area contributed by atoms with Crippen LogP contribution < -0.4 is 18.9 Å². The Labute approximate surface area is 169 Å². The van der Waals surface area contributed by atoms with E-state index in [1.165, 1.54) is 0 Å². The molecule has 2 aromatic rings. The fraction of sp³-hybridized carbons (Fsp3) is 0.455. The van der Waals surface area contributed by atoms with Crippen LogP contribution in [0.4, 0.5) is 0 Å². The van der Waals surface area contributed by atoms with Gasteiger partial charge in [0.25, 0.3) is 0 Å². The highest BCUT2D eigenvalue weighted by atomic mass is 16.7. The maximum atomic E-state index is 6.63. The lowest BCUT2D eigenvalue weighted by Gasteiger charge is -2.23. The summed E-state index contributed by atoms with van der Waals surface area (Å²) in [5.41, 5.74) is 2.08. The average Bonchev–Trinajstić information content (AvgIpc) is 3.46. The maximum Gasteiger partial charge on any atom is 0.231 e. The minimum Gasteiger partial charge on any atom is -0.454 e. The van der Waals surface area contributed by atoms with Crippen molar-refractivity contribution in [2.24, 2.45) is 11.8 Å². The van der Waals surface area contributed by atoms with Gasteiger partial charge in [-0.15, -0.1) is 0 Å². The highest BCUT2D eigenvalue weighted by Crippen LogP contribution is 2.51. The zero-order valence-corrected chi connectivity index (χ0v) is 16.5. The van der Waals surface area contributed by atoms with Crippen LogP contribution in [0.5, 0.6) is 23.0 Å². The van der Waals surface area contributed by atoms with E-state index in [2.05, 4.69) is 0 Å². The number of hydrogen-bond donors (Lipinski definition) is 0. The van der Waals surface area contributed by atoms with Crippen molar-refractivity contribution in [2.45, 2.75) is 12.2 Å². The van der Waals surface area contributed by atoms with E-state index < -0.39 is 0 Å². The topological polar surface area (TPSA) is 64.6 Å². The molecule has 0 amide bonds. The molecule has 0 radical (unpaired) electrons. The summed E-state index contributed by atoms with van der Waals surface area (Å²) in [6.07, 6.45) is -0.306. The molecule has 0 bridgehead atoms. The molecule has 0 aliphatic carbocycles. The number of benzene rings is 2. The molecule has 5 rings (SSSR count). The Balaban J connectivity index is 1.50. The first-order valence-electron chi connectivity index (χ1n) is 9.71. The maximum absolute atomic E-state index is 6.63. The molecule has 29 heavy (non-hydrogen) atoms. The molecule has 0 saturated carbocycles. The average molecular weight is 400 g/mol. The van der Waals surface area contributed by atoms with Crippen LogP contribution in [0.25, 0.3) is 0 Å². The molecule has 7 heteroatoms. The summed E-state index contributed by atoms with van der Waals surface area (Å²) < 4.78 is 39.8. The van der Waals surface area contributed by atoms with Gasteiger partial charge in [-0.05, 0) is 35.4 Å². The highest BCUT2D eigenvalue weighted by Gasteiger charge is 2.46. The smallest absolute Gasteiger partial charge is 0.231 e. The first kappa shape index (κ1) is 18.5. The second-order valence-electron chi connectivity index (χ2n) is 7.44. The van der Waals surface area contributed by atoms with E-state index in [-0.39, 0.29) is 37.6 Å². The third kappa shape index (κ3) is 3.29. The number of ether oxygens (including phenoxy) is 7. The molecular weight excluding hydrogens is 376 g/mol. The number of rotatable bonds is 6. The summed E-state index contributed by atoms with van der Waals surface area (Å²) >= 11 is 0. The molecule has 4 atom stereocenters. The molecule has 1 fully saturated rings. The lowest BCUT2D eigenvalue weighted by atomic mass is 9.83. The first-order valence-corrected chi connectivity index (χ1v) is 9.71. The predicted octanol–water partition coefficient (Wildman–Crippen LogP) is 3.48. The molecule has 7 nitrogen and oxygen atoms in total. The summed E-state index contributed by atoms with van der Waals surface area (Å²) in [6, 6.07) is 11.9. The van der Waals surface area contributed by atoms with E-state index in [0.29, 0.717) is 13.2 Å². The Morgan fingerprint density at radius 1 is 0.690 bits per heavy atom. The van der Waals surface area contributed by atoms with E-state index in [0.717, 1.165) is 34.1 Å². The molecule has 0 aromatic heterocycles. The van der Waals surface area contributed by atoms with Gasteiger partial charge in [-0.25, -0.2) is 0 Å². The molecule has 0 N–H and O–H groups in total. The summed E-state index contributed by atoms with van der Waals surface area (Å²) in [7, 11) is 3.43. The quantitative estimate of drug-likeness (QED) is 0.736. The van der Waals surface area contributed by atoms with Crippen LogP contribution in [-0.4, -0.2) is 41.0 Å². The monoisotopic (exact) mass is 400 g/mol. The van der Waals surface area contributed by atoms with E-state index in [1.54, 1.807) is 14.2 Å². The Bertz CT molecular complexity index is 812. The molecular formula is C22H24O7. The van der Waals surface area contributed by atoms with Gasteiger partial charge in [-0.3, -0.25) is 0 Å². The Kier molecular flexibility index (Phi) is 4.95. The largest absolute Gasteiger partial charge is 0.454 e. The summed E-state index contributed by atoms with van der Waals surface area (Å²) in [6.45, 7) is 1.62. The standard InChI is InChI=1S/C22H24O7/c1-23-9-15-16(10-24-2)22(14-4-6-18-20(8-14)28-12-26-18)29-21(15)13-3-5-17-19(7-13)27-11-25-17/h3-8,15-16,21-22H,9-12H2,1-2H3/t15-,16-,21+,22+/m1/s1. The van der Waals surface area contributed by atoms with E-state index in [9.17, 15) is 0 Å². The second-order valence-corrected chi connectivity index (χ2v) is 7.44. The van der Waals surface area contributed by atoms with Crippen molar-refractivity contribution in [1.82, 2.24) is 0 Å². The van der Waals surface area contributed by atoms with Crippen molar-refractivity contribution in [1.29, 1.82) is 0 Å². The van der Waals surface area contributed by atoms with Crippen molar-refractivity contribution in [3.05, 3.63) is 47.5 Å². The molecule has 3 aliphatic heterocycles. The fourth-order valence-corrected chi connectivity index (χ4v) is 4.45. The van der Waals surface area contributed by atoms with Crippen LogP contribution in [-0.2, 0) is 14.2 Å². The molecule has 154 valence electrons. The fourth-order valence-electron chi connectivity index (χ4n) is 4.45. The van der Waals surface area contributed by atoms with E-state index in [4.69, 9.17) is 33.2 Å². The predicted molar refractivity (Wildman–Crippen MR) is 102 cm³/mol. The summed E-state index contributed by atoms with van der Waals surface area (Å²) in [5.74, 6) is 3.26. The van der Waals surface area contributed by atoms with Gasteiger partial charge >= 0.3 is 0 Å². The molecule has 2 aromatic carbocycles. The van der Waals surface area contributed by atoms with Crippen molar-refractivity contribution in [3.63, 3.8) is 0 Å². The van der Waals surface area contributed by atoms with Gasteiger partial charge in [0.15, 0.2) is 23.0 Å². The lowest BCUT2D eigenvalue weighted by Crippen LogP contribution is -2.25. The molecule has 1 saturated heterocycles. The van der Waals surface area contributed by atoms with Crippen LogP contribution in [0, 0.1) is 11.8 Å². The summed E-state index contributed by atoms with van der Waals surface area (Å²) in [5, 5.41) is 0. The Morgan fingerprint density at radius 3 is 1.59 bits per heavy atom. The zero-order chi connectivity index (χ0) is 19.8. The first-order chi connectivity index (χ1) is 14.3. The van der Waals surface area contributed by atoms with E-state index >= 15 is 0 Å². The zero-order valence-electron chi connectivity index (χ0n) is 16.5. The number of methoxy groups -OCH3 is 2. The van der Waals surface area contributed by atoms with Crippen LogP contribution in [0.15, 0.2) is 36.4 Å². The minimum atomic E-state index is -0.153. The van der Waals surface area contributed by atoms with Crippen molar-refractivity contribution >= 4 is 0 Å². The number of fused-ring (bicyclic) bond motifs is 2. The third-order valence-corrected chi connectivity index (χ3v) is 5.79. The minimum absolute atomic E-state index is 0.121. The van der Waals surface area contributed by atoms with Gasteiger partial charge in [-0.2, -0.15) is 0 Å². The van der Waals surface area contributed by atoms with Gasteiger partial charge in [0.2, 0.25) is 13.6 Å². The summed E-state index contributed by atoms with van der Waals surface area (Å²) in [4.78, 5) is 0. The highest BCUT2D eigenvalue weighted by molar-refractivity contribution is 5.47. The van der Waals surface area contributed by atoms with Gasteiger partial charge in [0.1, 0.15) is 0 Å². The second kappa shape index (κ2) is 7.74. The van der Waals surface area contributed by atoms with Crippen molar-refractivity contribution < 1.29 is 33.2 Å². The SMILES string of the molecule is COC[C@@H]1[C@@H](COC)[C@H](c2ccc3c(c2)OCO3)O[C@H]1c1ccc2c(c1)OCO2. The van der Waals surface area contributed by atoms with Gasteiger partial charge in [0.05, 0.1) is 25.4 Å². The van der Waals surface area contributed by atoms with Crippen LogP contribution >= 0.6 is 0 Å². The van der Waals surface area contributed by atoms with Crippen LogP contribution in [0.3, 0.4) is 0 Å². The third-order valence-electron chi connectivity index (χ3n) is 5.79. The normalized spacial score (nSPS) is 26.8. The Hall–Kier alpha value is -2.48. The molecule has 3 heterocycles. The molecule has 0 unspecified atom stereocenters. The van der Waals surface area contributed by atoms with Crippen LogP contribution in [0.1, 0.15) is 23.3 Å². The van der Waals surface area contributed by atoms with Crippen molar-refractivity contribution in [3.8, 4) is 23.0 Å².